The van der Waals surface area contributed by atoms with Crippen LogP contribution in [0.3, 0.4) is 0 Å². The minimum Gasteiger partial charge on any atom is -0.286 e. The average Bonchev–Trinajstić information content (AvgIpc) is 3.04. The van der Waals surface area contributed by atoms with Gasteiger partial charge in [-0.05, 0) is 25.2 Å². The maximum absolute atomic E-state index is 6.13. The van der Waals surface area contributed by atoms with Crippen LogP contribution in [0.4, 0.5) is 0 Å². The molecule has 2 heterocycles. The van der Waals surface area contributed by atoms with Crippen molar-refractivity contribution in [2.45, 2.75) is 25.8 Å². The minimum absolute atomic E-state index is 0.300. The maximum atomic E-state index is 6.13. The molecule has 0 bridgehead atoms. The third kappa shape index (κ3) is 2.96. The summed E-state index contributed by atoms with van der Waals surface area (Å²) in [5, 5.41) is 5.43. The van der Waals surface area contributed by atoms with Gasteiger partial charge in [0.2, 0.25) is 0 Å². The van der Waals surface area contributed by atoms with Gasteiger partial charge in [-0.15, -0.1) is 11.8 Å². The predicted octanol–water partition coefficient (Wildman–Crippen LogP) is 3.72. The van der Waals surface area contributed by atoms with Crippen LogP contribution in [0.1, 0.15) is 37.5 Å². The summed E-state index contributed by atoms with van der Waals surface area (Å²) in [6.07, 6.45) is 0. The highest BCUT2D eigenvalue weighted by molar-refractivity contribution is 7.99. The van der Waals surface area contributed by atoms with E-state index in [0.29, 0.717) is 17.0 Å². The Labute approximate surface area is 134 Å². The summed E-state index contributed by atoms with van der Waals surface area (Å²) in [4.78, 5) is 7.12. The summed E-state index contributed by atoms with van der Waals surface area (Å²) in [5.41, 5.74) is 0.974. The van der Waals surface area contributed by atoms with Gasteiger partial charge in [0.25, 0.3) is 0 Å². The van der Waals surface area contributed by atoms with Gasteiger partial charge < -0.3 is 0 Å². The van der Waals surface area contributed by atoms with Crippen molar-refractivity contribution in [2.24, 2.45) is 0 Å². The second kappa shape index (κ2) is 5.99. The molecule has 1 aliphatic heterocycles. The highest BCUT2D eigenvalue weighted by Gasteiger charge is 2.29. The van der Waals surface area contributed by atoms with E-state index in [1.165, 1.54) is 0 Å². The predicted molar refractivity (Wildman–Crippen MR) is 88.3 cm³/mol. The molecule has 1 saturated heterocycles. The fraction of sp³-hybridized carbons (Fsp3) is 0.467. The zero-order valence-corrected chi connectivity index (χ0v) is 14.0. The number of rotatable bonds is 3. The van der Waals surface area contributed by atoms with Crippen LogP contribution < -0.4 is 0 Å². The Bertz CT molecular complexity index is 640. The second-order valence-corrected chi connectivity index (χ2v) is 7.08. The first-order valence-electron chi connectivity index (χ1n) is 7.07. The lowest BCUT2D eigenvalue weighted by Crippen LogP contribution is -2.22. The van der Waals surface area contributed by atoms with Crippen LogP contribution in [0.5, 0.6) is 0 Å². The minimum atomic E-state index is 0.300. The van der Waals surface area contributed by atoms with E-state index in [2.05, 4.69) is 25.8 Å². The number of nitrogens with zero attached hydrogens (tertiary/aromatic N) is 4. The van der Waals surface area contributed by atoms with Crippen LogP contribution >= 0.6 is 23.4 Å². The monoisotopic (exact) mass is 322 g/mol. The van der Waals surface area contributed by atoms with Crippen LogP contribution in [-0.4, -0.2) is 38.3 Å². The van der Waals surface area contributed by atoms with Crippen molar-refractivity contribution < 1.29 is 0 Å². The average molecular weight is 323 g/mol. The molecular weight excluding hydrogens is 304 g/mol. The molecule has 0 amide bonds. The molecule has 0 spiro atoms. The summed E-state index contributed by atoms with van der Waals surface area (Å²) in [6.45, 7) is 4.24. The SMILES string of the molecule is CC(C)c1nc([C@@H]2CSCN2C)n(-c2cccc(Cl)c2)n1. The summed E-state index contributed by atoms with van der Waals surface area (Å²) < 4.78 is 1.95. The topological polar surface area (TPSA) is 34.0 Å². The van der Waals surface area contributed by atoms with Crippen LogP contribution in [0, 0.1) is 0 Å². The van der Waals surface area contributed by atoms with E-state index < -0.39 is 0 Å². The van der Waals surface area contributed by atoms with Gasteiger partial charge >= 0.3 is 0 Å². The molecule has 3 rings (SSSR count). The third-order valence-corrected chi connectivity index (χ3v) is 4.99. The van der Waals surface area contributed by atoms with E-state index in [1.54, 1.807) is 0 Å². The zero-order chi connectivity index (χ0) is 15.0. The van der Waals surface area contributed by atoms with Gasteiger partial charge in [0.1, 0.15) is 0 Å². The first kappa shape index (κ1) is 14.9. The smallest absolute Gasteiger partial charge is 0.153 e. The molecule has 0 unspecified atom stereocenters. The fourth-order valence-electron chi connectivity index (χ4n) is 2.40. The van der Waals surface area contributed by atoms with E-state index in [4.69, 9.17) is 21.7 Å². The quantitative estimate of drug-likeness (QED) is 0.862. The molecule has 0 aliphatic carbocycles. The molecule has 0 radical (unpaired) electrons. The van der Waals surface area contributed by atoms with Gasteiger partial charge in [0, 0.05) is 22.6 Å². The van der Waals surface area contributed by atoms with Crippen LogP contribution in [0.15, 0.2) is 24.3 Å². The maximum Gasteiger partial charge on any atom is 0.153 e. The van der Waals surface area contributed by atoms with E-state index in [9.17, 15) is 0 Å². The van der Waals surface area contributed by atoms with Crippen LogP contribution in [0.25, 0.3) is 5.69 Å². The first-order valence-corrected chi connectivity index (χ1v) is 8.60. The lowest BCUT2D eigenvalue weighted by atomic mass is 10.2. The van der Waals surface area contributed by atoms with Gasteiger partial charge in [-0.25, -0.2) is 9.67 Å². The van der Waals surface area contributed by atoms with Gasteiger partial charge in [-0.3, -0.25) is 4.90 Å². The molecule has 0 saturated carbocycles. The number of hydrogen-bond donors (Lipinski definition) is 0. The molecule has 1 aliphatic rings. The van der Waals surface area contributed by atoms with E-state index in [0.717, 1.165) is 29.0 Å². The molecule has 1 aromatic heterocycles. The van der Waals surface area contributed by atoms with Crippen LogP contribution in [-0.2, 0) is 0 Å². The molecule has 4 nitrogen and oxygen atoms in total. The number of hydrogen-bond acceptors (Lipinski definition) is 4. The van der Waals surface area contributed by atoms with Crippen LogP contribution in [0.2, 0.25) is 5.02 Å². The Morgan fingerprint density at radius 3 is 2.81 bits per heavy atom. The molecule has 21 heavy (non-hydrogen) atoms. The molecule has 6 heteroatoms. The molecular formula is C15H19ClN4S. The van der Waals surface area contributed by atoms with Gasteiger partial charge in [-0.1, -0.05) is 31.5 Å². The number of aromatic nitrogens is 3. The zero-order valence-electron chi connectivity index (χ0n) is 12.5. The Balaban J connectivity index is 2.09. The summed E-state index contributed by atoms with van der Waals surface area (Å²) in [7, 11) is 2.14. The lowest BCUT2D eigenvalue weighted by molar-refractivity contribution is 0.314. The Kier molecular flexibility index (Phi) is 4.24. The molecule has 2 aromatic rings. The molecule has 1 fully saturated rings. The largest absolute Gasteiger partial charge is 0.286 e. The van der Waals surface area contributed by atoms with E-state index in [1.807, 2.05) is 40.7 Å². The standard InChI is InChI=1S/C15H19ClN4S/c1-10(2)14-17-15(13-8-21-9-19(13)3)20(18-14)12-6-4-5-11(16)7-12/h4-7,10,13H,8-9H2,1-3H3/t13-/m0/s1. The first-order chi connectivity index (χ1) is 10.1. The highest BCUT2D eigenvalue weighted by Crippen LogP contribution is 2.32. The lowest BCUT2D eigenvalue weighted by Gasteiger charge is -2.18. The van der Waals surface area contributed by atoms with Crippen molar-refractivity contribution in [3.63, 3.8) is 0 Å². The van der Waals surface area contributed by atoms with Crippen molar-refractivity contribution >= 4 is 23.4 Å². The normalized spacial score (nSPS) is 19.6. The van der Waals surface area contributed by atoms with Crippen molar-refractivity contribution in [3.8, 4) is 5.69 Å². The molecule has 0 N–H and O–H groups in total. The number of benzene rings is 1. The third-order valence-electron chi connectivity index (χ3n) is 3.62. The molecule has 1 atom stereocenters. The molecule has 1 aromatic carbocycles. The fourth-order valence-corrected chi connectivity index (χ4v) is 3.78. The van der Waals surface area contributed by atoms with Crippen molar-refractivity contribution in [1.82, 2.24) is 19.7 Å². The van der Waals surface area contributed by atoms with Gasteiger partial charge in [-0.2, -0.15) is 5.10 Å². The molecule has 112 valence electrons. The van der Waals surface area contributed by atoms with E-state index >= 15 is 0 Å². The van der Waals surface area contributed by atoms with E-state index in [-0.39, 0.29) is 0 Å². The van der Waals surface area contributed by atoms with Crippen molar-refractivity contribution in [3.05, 3.63) is 40.9 Å². The van der Waals surface area contributed by atoms with Crippen molar-refractivity contribution in [1.29, 1.82) is 0 Å². The Morgan fingerprint density at radius 2 is 2.19 bits per heavy atom. The van der Waals surface area contributed by atoms with Gasteiger partial charge in [0.05, 0.1) is 11.7 Å². The van der Waals surface area contributed by atoms with Gasteiger partial charge in [0.15, 0.2) is 11.6 Å². The Morgan fingerprint density at radius 1 is 1.38 bits per heavy atom. The Hall–Kier alpha value is -1.04. The summed E-state index contributed by atoms with van der Waals surface area (Å²) in [6, 6.07) is 8.09. The number of halogens is 1. The number of thioether (sulfide) groups is 1. The second-order valence-electron chi connectivity index (χ2n) is 5.65. The van der Waals surface area contributed by atoms with Crippen molar-refractivity contribution in [2.75, 3.05) is 18.7 Å². The summed E-state index contributed by atoms with van der Waals surface area (Å²) in [5.74, 6) is 4.28. The highest BCUT2D eigenvalue weighted by atomic mass is 35.5. The summed E-state index contributed by atoms with van der Waals surface area (Å²) >= 11 is 8.06.